The average Bonchev–Trinajstić information content (AvgIpc) is 2.26. The lowest BCUT2D eigenvalue weighted by Crippen LogP contribution is -2.50. The number of hydrogen-bond donors (Lipinski definition) is 2. The maximum absolute atomic E-state index is 11.6. The maximum atomic E-state index is 11.6. The van der Waals surface area contributed by atoms with Crippen molar-refractivity contribution in [3.8, 4) is 0 Å². The summed E-state index contributed by atoms with van der Waals surface area (Å²) >= 11 is 0. The molecule has 0 aliphatic carbocycles. The molecule has 1 fully saturated rings. The van der Waals surface area contributed by atoms with Gasteiger partial charge in [0, 0.05) is 33.3 Å². The van der Waals surface area contributed by atoms with Crippen LogP contribution < -0.4 is 10.2 Å². The predicted octanol–water partition coefficient (Wildman–Crippen LogP) is -1.70. The number of nitrogens with zero attached hydrogens (tertiary/aromatic N) is 1. The predicted molar refractivity (Wildman–Crippen MR) is 54.3 cm³/mol. The number of methoxy groups -OCH3 is 1. The minimum Gasteiger partial charge on any atom is -0.382 e. The molecule has 0 aromatic heterocycles. The summed E-state index contributed by atoms with van der Waals surface area (Å²) in [5, 5.41) is 3.07. The summed E-state index contributed by atoms with van der Waals surface area (Å²) < 4.78 is 29.2. The smallest absolute Gasteiger partial charge is 0.301 e. The van der Waals surface area contributed by atoms with E-state index in [1.165, 1.54) is 11.4 Å². The van der Waals surface area contributed by atoms with Crippen molar-refractivity contribution in [1.82, 2.24) is 14.5 Å². The van der Waals surface area contributed by atoms with Gasteiger partial charge >= 0.3 is 10.2 Å². The van der Waals surface area contributed by atoms with Crippen LogP contribution >= 0.6 is 0 Å². The third kappa shape index (κ3) is 4.41. The molecule has 90 valence electrons. The highest BCUT2D eigenvalue weighted by Crippen LogP contribution is 1.99. The highest BCUT2D eigenvalue weighted by Gasteiger charge is 2.23. The van der Waals surface area contributed by atoms with Crippen molar-refractivity contribution in [2.45, 2.75) is 0 Å². The normalized spacial score (nSPS) is 19.3. The lowest BCUT2D eigenvalue weighted by Gasteiger charge is -2.26. The van der Waals surface area contributed by atoms with Crippen molar-refractivity contribution < 1.29 is 18.0 Å². The second-order valence-electron chi connectivity index (χ2n) is 3.08. The molecule has 7 nitrogen and oxygen atoms in total. The Labute approximate surface area is 89.9 Å². The van der Waals surface area contributed by atoms with Crippen LogP contribution in [0.5, 0.6) is 0 Å². The number of ether oxygens (including phenoxy) is 1. The Hall–Kier alpha value is -0.250. The van der Waals surface area contributed by atoms with Gasteiger partial charge in [-0.1, -0.05) is 4.89 Å². The molecule has 0 unspecified atom stereocenters. The summed E-state index contributed by atoms with van der Waals surface area (Å²) in [4.78, 5) is 6.82. The highest BCUT2D eigenvalue weighted by molar-refractivity contribution is 7.87. The van der Waals surface area contributed by atoms with Crippen molar-refractivity contribution in [2.24, 2.45) is 0 Å². The van der Waals surface area contributed by atoms with Crippen LogP contribution in [0.1, 0.15) is 0 Å². The average molecular weight is 239 g/mol. The first kappa shape index (κ1) is 12.8. The van der Waals surface area contributed by atoms with Crippen molar-refractivity contribution in [3.63, 3.8) is 0 Å². The second kappa shape index (κ2) is 6.36. The van der Waals surface area contributed by atoms with Gasteiger partial charge in [0.25, 0.3) is 0 Å². The van der Waals surface area contributed by atoms with Crippen molar-refractivity contribution in [1.29, 1.82) is 0 Å². The van der Waals surface area contributed by atoms with Gasteiger partial charge in [0.1, 0.15) is 0 Å². The summed E-state index contributed by atoms with van der Waals surface area (Å²) in [7, 11) is -1.98. The minimum atomic E-state index is -3.50. The van der Waals surface area contributed by atoms with Gasteiger partial charge in [0.2, 0.25) is 0 Å². The van der Waals surface area contributed by atoms with E-state index in [2.05, 4.69) is 10.2 Å². The van der Waals surface area contributed by atoms with E-state index >= 15 is 0 Å². The van der Waals surface area contributed by atoms with Gasteiger partial charge in [0.15, 0.2) is 0 Å². The summed E-state index contributed by atoms with van der Waals surface area (Å²) in [6.07, 6.45) is 0. The fourth-order valence-electron chi connectivity index (χ4n) is 1.18. The van der Waals surface area contributed by atoms with Crippen LogP contribution in [0.2, 0.25) is 0 Å². The van der Waals surface area contributed by atoms with Gasteiger partial charge in [-0.3, -0.25) is 4.84 Å². The molecule has 1 saturated heterocycles. The Bertz CT molecular complexity index is 263. The molecule has 0 bridgehead atoms. The SMILES string of the molecule is COCCONS(=O)(=O)N1CCNCC1. The molecule has 0 amide bonds. The van der Waals surface area contributed by atoms with Gasteiger partial charge in [-0.05, 0) is 0 Å². The third-order valence-electron chi connectivity index (χ3n) is 1.97. The zero-order valence-electron chi connectivity index (χ0n) is 8.73. The van der Waals surface area contributed by atoms with Crippen LogP contribution in [0.25, 0.3) is 0 Å². The van der Waals surface area contributed by atoms with E-state index in [0.717, 1.165) is 0 Å². The minimum absolute atomic E-state index is 0.196. The summed E-state index contributed by atoms with van der Waals surface area (Å²) in [5.41, 5.74) is 0. The Kier molecular flexibility index (Phi) is 5.43. The first-order valence-electron chi connectivity index (χ1n) is 4.75. The quantitative estimate of drug-likeness (QED) is 0.427. The van der Waals surface area contributed by atoms with Gasteiger partial charge < -0.3 is 10.1 Å². The second-order valence-corrected chi connectivity index (χ2v) is 4.71. The molecular weight excluding hydrogens is 222 g/mol. The Morgan fingerprint density at radius 3 is 2.60 bits per heavy atom. The number of piperazine rings is 1. The van der Waals surface area contributed by atoms with E-state index in [1.54, 1.807) is 0 Å². The summed E-state index contributed by atoms with van der Waals surface area (Å²) in [6, 6.07) is 0. The van der Waals surface area contributed by atoms with Crippen LogP contribution in [0.4, 0.5) is 0 Å². The molecule has 0 spiro atoms. The molecule has 2 N–H and O–H groups in total. The molecule has 1 rings (SSSR count). The molecule has 0 radical (unpaired) electrons. The van der Waals surface area contributed by atoms with Crippen molar-refractivity contribution in [2.75, 3.05) is 46.5 Å². The number of hydrogen-bond acceptors (Lipinski definition) is 5. The molecule has 15 heavy (non-hydrogen) atoms. The molecular formula is C7H17N3O4S. The van der Waals surface area contributed by atoms with Crippen LogP contribution in [-0.4, -0.2) is 59.2 Å². The van der Waals surface area contributed by atoms with Crippen LogP contribution in [0, 0.1) is 0 Å². The largest absolute Gasteiger partial charge is 0.382 e. The van der Waals surface area contributed by atoms with E-state index in [-0.39, 0.29) is 6.61 Å². The van der Waals surface area contributed by atoms with E-state index in [4.69, 9.17) is 9.57 Å². The zero-order chi connectivity index (χ0) is 11.1. The van der Waals surface area contributed by atoms with Crippen LogP contribution in [0.15, 0.2) is 0 Å². The molecule has 1 heterocycles. The first-order chi connectivity index (χ1) is 7.17. The van der Waals surface area contributed by atoms with Gasteiger partial charge in [-0.25, -0.2) is 0 Å². The molecule has 0 aromatic carbocycles. The standard InChI is InChI=1S/C7H17N3O4S/c1-13-6-7-14-9-15(11,12)10-4-2-8-3-5-10/h8-9H,2-7H2,1H3. The number of rotatable bonds is 6. The molecule has 0 atom stereocenters. The first-order valence-corrected chi connectivity index (χ1v) is 6.19. The van der Waals surface area contributed by atoms with Gasteiger partial charge in [-0.15, -0.1) is 0 Å². The van der Waals surface area contributed by atoms with Crippen LogP contribution in [-0.2, 0) is 19.8 Å². The summed E-state index contributed by atoms with van der Waals surface area (Å²) in [5.74, 6) is 0. The van der Waals surface area contributed by atoms with Gasteiger partial charge in [0.05, 0.1) is 13.2 Å². The maximum Gasteiger partial charge on any atom is 0.301 e. The Morgan fingerprint density at radius 1 is 1.33 bits per heavy atom. The highest BCUT2D eigenvalue weighted by atomic mass is 32.2. The Balaban J connectivity index is 2.30. The van der Waals surface area contributed by atoms with E-state index < -0.39 is 10.2 Å². The third-order valence-corrected chi connectivity index (χ3v) is 3.34. The lowest BCUT2D eigenvalue weighted by atomic mass is 10.4. The fraction of sp³-hybridized carbons (Fsp3) is 1.00. The topological polar surface area (TPSA) is 79.9 Å². The summed E-state index contributed by atoms with van der Waals surface area (Å²) in [6.45, 7) is 2.80. The van der Waals surface area contributed by atoms with E-state index in [1.807, 2.05) is 0 Å². The van der Waals surface area contributed by atoms with Crippen molar-refractivity contribution >= 4 is 10.2 Å². The molecule has 1 aliphatic rings. The number of nitrogens with one attached hydrogen (secondary N) is 2. The molecule has 0 aromatic rings. The van der Waals surface area contributed by atoms with Crippen molar-refractivity contribution in [3.05, 3.63) is 0 Å². The monoisotopic (exact) mass is 239 g/mol. The fourth-order valence-corrected chi connectivity index (χ4v) is 2.18. The molecule has 1 aliphatic heterocycles. The lowest BCUT2D eigenvalue weighted by molar-refractivity contribution is 0.0407. The van der Waals surface area contributed by atoms with Gasteiger partial charge in [-0.2, -0.15) is 12.7 Å². The van der Waals surface area contributed by atoms with E-state index in [0.29, 0.717) is 32.8 Å². The molecule has 0 saturated carbocycles. The molecule has 8 heteroatoms. The zero-order valence-corrected chi connectivity index (χ0v) is 9.55. The Morgan fingerprint density at radius 2 is 2.00 bits per heavy atom. The van der Waals surface area contributed by atoms with Crippen LogP contribution in [0.3, 0.4) is 0 Å². The van der Waals surface area contributed by atoms with E-state index in [9.17, 15) is 8.42 Å².